The van der Waals surface area contributed by atoms with Crippen LogP contribution in [0.3, 0.4) is 0 Å². The summed E-state index contributed by atoms with van der Waals surface area (Å²) in [6, 6.07) is 7.53. The SMILES string of the molecule is C[C@H]1CCCC[C@H]1N1C(=O)C(=O)N(CC(=O)c2ccccc2)C1=O. The number of hydrogen-bond donors (Lipinski definition) is 0. The van der Waals surface area contributed by atoms with Gasteiger partial charge >= 0.3 is 17.8 Å². The molecule has 0 N–H and O–H groups in total. The predicted octanol–water partition coefficient (Wildman–Crippen LogP) is 2.24. The number of nitrogens with zero attached hydrogens (tertiary/aromatic N) is 2. The van der Waals surface area contributed by atoms with E-state index in [4.69, 9.17) is 0 Å². The largest absolute Gasteiger partial charge is 0.334 e. The molecule has 0 bridgehead atoms. The van der Waals surface area contributed by atoms with Gasteiger partial charge in [-0.15, -0.1) is 0 Å². The quantitative estimate of drug-likeness (QED) is 0.482. The van der Waals surface area contributed by atoms with Gasteiger partial charge in [0, 0.05) is 11.6 Å². The number of carbonyl (C=O) groups is 4. The van der Waals surface area contributed by atoms with Crippen LogP contribution in [0.5, 0.6) is 0 Å². The van der Waals surface area contributed by atoms with E-state index in [2.05, 4.69) is 0 Å². The lowest BCUT2D eigenvalue weighted by molar-refractivity contribution is -0.144. The highest BCUT2D eigenvalue weighted by molar-refractivity contribution is 6.45. The Morgan fingerprint density at radius 3 is 2.38 bits per heavy atom. The van der Waals surface area contributed by atoms with Crippen molar-refractivity contribution in [2.24, 2.45) is 5.92 Å². The minimum atomic E-state index is -0.901. The molecular weight excluding hydrogens is 308 g/mol. The van der Waals surface area contributed by atoms with Crippen LogP contribution in [0, 0.1) is 5.92 Å². The number of Topliss-reactive ketones (excluding diaryl/α,β-unsaturated/α-hetero) is 1. The first-order valence-electron chi connectivity index (χ1n) is 8.28. The summed E-state index contributed by atoms with van der Waals surface area (Å²) in [5.41, 5.74) is 0.412. The summed E-state index contributed by atoms with van der Waals surface area (Å²) in [6.07, 6.45) is 3.65. The van der Waals surface area contributed by atoms with E-state index in [0.29, 0.717) is 12.0 Å². The summed E-state index contributed by atoms with van der Waals surface area (Å²) in [5.74, 6) is -1.89. The van der Waals surface area contributed by atoms with Gasteiger partial charge in [-0.25, -0.2) is 9.69 Å². The molecule has 2 fully saturated rings. The molecule has 126 valence electrons. The monoisotopic (exact) mass is 328 g/mol. The van der Waals surface area contributed by atoms with Crippen molar-refractivity contribution in [2.45, 2.75) is 38.6 Å². The molecule has 1 aliphatic carbocycles. The molecule has 1 saturated carbocycles. The summed E-state index contributed by atoms with van der Waals surface area (Å²) in [5, 5.41) is 0. The van der Waals surface area contributed by atoms with Crippen molar-refractivity contribution in [2.75, 3.05) is 6.54 Å². The Kier molecular flexibility index (Phi) is 4.46. The van der Waals surface area contributed by atoms with Crippen molar-refractivity contribution in [1.29, 1.82) is 0 Å². The van der Waals surface area contributed by atoms with E-state index < -0.39 is 24.4 Å². The molecule has 2 aliphatic rings. The molecule has 0 spiro atoms. The van der Waals surface area contributed by atoms with Crippen molar-refractivity contribution in [3.63, 3.8) is 0 Å². The van der Waals surface area contributed by atoms with Crippen LogP contribution < -0.4 is 0 Å². The molecule has 3 rings (SSSR count). The Balaban J connectivity index is 1.78. The Morgan fingerprint density at radius 2 is 1.71 bits per heavy atom. The van der Waals surface area contributed by atoms with Crippen LogP contribution in [0.25, 0.3) is 0 Å². The normalized spacial score (nSPS) is 24.6. The van der Waals surface area contributed by atoms with E-state index in [1.807, 2.05) is 6.92 Å². The zero-order valence-electron chi connectivity index (χ0n) is 13.6. The lowest BCUT2D eigenvalue weighted by atomic mass is 9.85. The third-order valence-electron chi connectivity index (χ3n) is 4.88. The van der Waals surface area contributed by atoms with E-state index in [-0.39, 0.29) is 17.7 Å². The van der Waals surface area contributed by atoms with Gasteiger partial charge in [0.1, 0.15) is 0 Å². The first kappa shape index (κ1) is 16.4. The molecule has 4 amide bonds. The number of ketones is 1. The van der Waals surface area contributed by atoms with Crippen molar-refractivity contribution in [3.05, 3.63) is 35.9 Å². The minimum Gasteiger partial charge on any atom is -0.292 e. The third-order valence-corrected chi connectivity index (χ3v) is 4.88. The number of carbonyl (C=O) groups excluding carboxylic acids is 4. The van der Waals surface area contributed by atoms with E-state index >= 15 is 0 Å². The maximum absolute atomic E-state index is 12.6. The van der Waals surface area contributed by atoms with E-state index in [9.17, 15) is 19.2 Å². The molecule has 1 saturated heterocycles. The second kappa shape index (κ2) is 6.55. The Labute approximate surface area is 140 Å². The number of imide groups is 2. The van der Waals surface area contributed by atoms with E-state index in [1.54, 1.807) is 30.3 Å². The number of hydrogen-bond acceptors (Lipinski definition) is 4. The van der Waals surface area contributed by atoms with Gasteiger partial charge in [-0.2, -0.15) is 0 Å². The van der Waals surface area contributed by atoms with Gasteiger partial charge in [-0.05, 0) is 18.8 Å². The van der Waals surface area contributed by atoms with Gasteiger partial charge < -0.3 is 0 Å². The summed E-state index contributed by atoms with van der Waals surface area (Å²) in [7, 11) is 0. The van der Waals surface area contributed by atoms with Crippen molar-refractivity contribution in [3.8, 4) is 0 Å². The van der Waals surface area contributed by atoms with Crippen LogP contribution in [0.4, 0.5) is 4.79 Å². The highest BCUT2D eigenvalue weighted by Gasteiger charge is 2.49. The smallest absolute Gasteiger partial charge is 0.292 e. The van der Waals surface area contributed by atoms with Crippen LogP contribution in [0.2, 0.25) is 0 Å². The first-order valence-corrected chi connectivity index (χ1v) is 8.28. The fourth-order valence-electron chi connectivity index (χ4n) is 3.49. The average molecular weight is 328 g/mol. The van der Waals surface area contributed by atoms with Gasteiger partial charge in [-0.1, -0.05) is 50.1 Å². The molecule has 0 radical (unpaired) electrons. The lowest BCUT2D eigenvalue weighted by Gasteiger charge is -2.34. The molecule has 1 aromatic carbocycles. The maximum atomic E-state index is 12.6. The van der Waals surface area contributed by atoms with Crippen molar-refractivity contribution >= 4 is 23.6 Å². The average Bonchev–Trinajstić information content (AvgIpc) is 2.80. The van der Waals surface area contributed by atoms with Crippen molar-refractivity contribution in [1.82, 2.24) is 9.80 Å². The zero-order chi connectivity index (χ0) is 17.3. The van der Waals surface area contributed by atoms with Crippen LogP contribution in [0.15, 0.2) is 30.3 Å². The zero-order valence-corrected chi connectivity index (χ0v) is 13.6. The fraction of sp³-hybridized carbons (Fsp3) is 0.444. The van der Waals surface area contributed by atoms with Gasteiger partial charge in [-0.3, -0.25) is 19.3 Å². The van der Waals surface area contributed by atoms with E-state index in [1.165, 1.54) is 0 Å². The molecule has 2 atom stereocenters. The molecular formula is C18H20N2O4. The molecule has 1 heterocycles. The Bertz CT molecular complexity index is 686. The fourth-order valence-corrected chi connectivity index (χ4v) is 3.49. The molecule has 6 nitrogen and oxygen atoms in total. The summed E-state index contributed by atoms with van der Waals surface area (Å²) < 4.78 is 0. The number of benzene rings is 1. The minimum absolute atomic E-state index is 0.171. The predicted molar refractivity (Wildman–Crippen MR) is 86.1 cm³/mol. The molecule has 6 heteroatoms. The van der Waals surface area contributed by atoms with Crippen molar-refractivity contribution < 1.29 is 19.2 Å². The molecule has 1 aromatic rings. The lowest BCUT2D eigenvalue weighted by Crippen LogP contribution is -2.46. The molecule has 24 heavy (non-hydrogen) atoms. The summed E-state index contributed by atoms with van der Waals surface area (Å²) in [6.45, 7) is 1.59. The number of amides is 4. The highest BCUT2D eigenvalue weighted by atomic mass is 16.2. The summed E-state index contributed by atoms with van der Waals surface area (Å²) in [4.78, 5) is 51.2. The van der Waals surface area contributed by atoms with Crippen LogP contribution >= 0.6 is 0 Å². The topological polar surface area (TPSA) is 74.8 Å². The second-order valence-corrected chi connectivity index (χ2v) is 6.47. The molecule has 0 aromatic heterocycles. The van der Waals surface area contributed by atoms with E-state index in [0.717, 1.165) is 29.1 Å². The molecule has 0 unspecified atom stereocenters. The second-order valence-electron chi connectivity index (χ2n) is 6.47. The van der Waals surface area contributed by atoms with Crippen LogP contribution in [-0.4, -0.2) is 46.0 Å². The number of rotatable bonds is 4. The van der Waals surface area contributed by atoms with Crippen LogP contribution in [0.1, 0.15) is 43.0 Å². The van der Waals surface area contributed by atoms with Crippen LogP contribution in [-0.2, 0) is 9.59 Å². The standard InChI is InChI=1S/C18H20N2O4/c1-12-7-5-6-10-14(12)20-17(23)16(22)19(18(20)24)11-15(21)13-8-3-2-4-9-13/h2-4,8-9,12,14H,5-7,10-11H2,1H3/t12-,14+/m0/s1. The first-order chi connectivity index (χ1) is 11.5. The van der Waals surface area contributed by atoms with Gasteiger partial charge in [0.2, 0.25) is 0 Å². The number of urea groups is 1. The Morgan fingerprint density at radius 1 is 1.04 bits per heavy atom. The highest BCUT2D eigenvalue weighted by Crippen LogP contribution is 2.31. The summed E-state index contributed by atoms with van der Waals surface area (Å²) >= 11 is 0. The van der Waals surface area contributed by atoms with Gasteiger partial charge in [0.05, 0.1) is 6.54 Å². The maximum Gasteiger partial charge on any atom is 0.334 e. The third kappa shape index (κ3) is 2.84. The Hall–Kier alpha value is -2.50. The molecule has 1 aliphatic heterocycles. The van der Waals surface area contributed by atoms with Gasteiger partial charge in [0.15, 0.2) is 5.78 Å². The van der Waals surface area contributed by atoms with Gasteiger partial charge in [0.25, 0.3) is 0 Å².